The number of benzene rings is 2. The highest BCUT2D eigenvalue weighted by Crippen LogP contribution is 2.24. The van der Waals surface area contributed by atoms with Crippen LogP contribution in [0.1, 0.15) is 70.8 Å². The topological polar surface area (TPSA) is 51.2 Å². The van der Waals surface area contributed by atoms with Gasteiger partial charge < -0.3 is 10.1 Å². The molecule has 4 heteroatoms. The number of aryl methyl sites for hydroxylation is 1. The summed E-state index contributed by atoms with van der Waals surface area (Å²) >= 11 is 0. The van der Waals surface area contributed by atoms with Crippen LogP contribution in [-0.2, 0) is 11.2 Å². The number of ether oxygens (including phenoxy) is 1. The SMILES string of the molecule is CCCCCCCCC(Oc1ccc(CCC)cc1)C(=O)Nc1cccc2cnccc12. The Morgan fingerprint density at radius 3 is 2.50 bits per heavy atom. The quantitative estimate of drug-likeness (QED) is 0.288. The summed E-state index contributed by atoms with van der Waals surface area (Å²) in [4.78, 5) is 17.4. The van der Waals surface area contributed by atoms with Gasteiger partial charge in [0.05, 0.1) is 0 Å². The highest BCUT2D eigenvalue weighted by molar-refractivity contribution is 6.03. The molecule has 1 unspecified atom stereocenters. The van der Waals surface area contributed by atoms with Crippen molar-refractivity contribution < 1.29 is 9.53 Å². The molecule has 0 bridgehead atoms. The van der Waals surface area contributed by atoms with E-state index in [4.69, 9.17) is 4.74 Å². The third kappa shape index (κ3) is 7.08. The molecule has 1 heterocycles. The van der Waals surface area contributed by atoms with Gasteiger partial charge in [0, 0.05) is 28.9 Å². The van der Waals surface area contributed by atoms with E-state index in [2.05, 4.69) is 36.3 Å². The predicted molar refractivity (Wildman–Crippen MR) is 133 cm³/mol. The van der Waals surface area contributed by atoms with Crippen LogP contribution in [0.5, 0.6) is 5.75 Å². The van der Waals surface area contributed by atoms with Crippen molar-refractivity contribution >= 4 is 22.4 Å². The highest BCUT2D eigenvalue weighted by Gasteiger charge is 2.21. The van der Waals surface area contributed by atoms with Gasteiger partial charge in [-0.15, -0.1) is 0 Å². The number of aromatic nitrogens is 1. The number of fused-ring (bicyclic) bond motifs is 1. The monoisotopic (exact) mass is 432 g/mol. The van der Waals surface area contributed by atoms with Crippen LogP contribution in [0.4, 0.5) is 5.69 Å². The maximum Gasteiger partial charge on any atom is 0.265 e. The Kier molecular flexibility index (Phi) is 9.55. The molecule has 0 saturated heterocycles. The summed E-state index contributed by atoms with van der Waals surface area (Å²) in [6.07, 6.45) is 13.0. The number of carbonyl (C=O) groups excluding carboxylic acids is 1. The second-order valence-corrected chi connectivity index (χ2v) is 8.45. The van der Waals surface area contributed by atoms with Gasteiger partial charge in [-0.1, -0.05) is 76.6 Å². The van der Waals surface area contributed by atoms with Gasteiger partial charge >= 0.3 is 0 Å². The van der Waals surface area contributed by atoms with Gasteiger partial charge in [-0.3, -0.25) is 9.78 Å². The summed E-state index contributed by atoms with van der Waals surface area (Å²) in [6.45, 7) is 4.40. The Labute approximate surface area is 192 Å². The molecule has 170 valence electrons. The lowest BCUT2D eigenvalue weighted by atomic mass is 10.1. The summed E-state index contributed by atoms with van der Waals surface area (Å²) in [5.74, 6) is 0.651. The van der Waals surface area contributed by atoms with Crippen LogP contribution in [-0.4, -0.2) is 17.0 Å². The lowest BCUT2D eigenvalue weighted by Gasteiger charge is -2.20. The molecule has 0 aliphatic carbocycles. The number of nitrogens with one attached hydrogen (secondary N) is 1. The molecule has 4 nitrogen and oxygen atoms in total. The Bertz CT molecular complexity index is 963. The van der Waals surface area contributed by atoms with Crippen LogP contribution < -0.4 is 10.1 Å². The van der Waals surface area contributed by atoms with Crippen LogP contribution in [0.15, 0.2) is 60.9 Å². The van der Waals surface area contributed by atoms with Gasteiger partial charge in [-0.05, 0) is 49.1 Å². The first-order valence-corrected chi connectivity index (χ1v) is 12.1. The molecule has 0 fully saturated rings. The fourth-order valence-corrected chi connectivity index (χ4v) is 3.99. The van der Waals surface area contributed by atoms with Gasteiger partial charge in [-0.2, -0.15) is 0 Å². The Hall–Kier alpha value is -2.88. The molecule has 0 aliphatic rings. The summed E-state index contributed by atoms with van der Waals surface area (Å²) in [5.41, 5.74) is 2.09. The molecule has 0 saturated carbocycles. The first-order valence-electron chi connectivity index (χ1n) is 12.1. The van der Waals surface area contributed by atoms with Crippen LogP contribution >= 0.6 is 0 Å². The average molecular weight is 433 g/mol. The van der Waals surface area contributed by atoms with Gasteiger partial charge in [-0.25, -0.2) is 0 Å². The molecule has 32 heavy (non-hydrogen) atoms. The summed E-state index contributed by atoms with van der Waals surface area (Å²) in [5, 5.41) is 5.10. The summed E-state index contributed by atoms with van der Waals surface area (Å²) in [6, 6.07) is 16.0. The molecule has 3 rings (SSSR count). The summed E-state index contributed by atoms with van der Waals surface area (Å²) < 4.78 is 6.20. The molecule has 1 N–H and O–H groups in total. The number of amides is 1. The second-order valence-electron chi connectivity index (χ2n) is 8.45. The van der Waals surface area contributed by atoms with Crippen molar-refractivity contribution in [2.45, 2.75) is 77.7 Å². The zero-order chi connectivity index (χ0) is 22.6. The molecule has 0 aliphatic heterocycles. The Morgan fingerprint density at radius 1 is 0.938 bits per heavy atom. The molecule has 1 atom stereocenters. The van der Waals surface area contributed by atoms with E-state index in [1.165, 1.54) is 31.2 Å². The van der Waals surface area contributed by atoms with Crippen molar-refractivity contribution in [1.29, 1.82) is 0 Å². The van der Waals surface area contributed by atoms with E-state index in [-0.39, 0.29) is 5.91 Å². The molecule has 3 aromatic rings. The number of nitrogens with zero attached hydrogens (tertiary/aromatic N) is 1. The van der Waals surface area contributed by atoms with E-state index < -0.39 is 6.10 Å². The van der Waals surface area contributed by atoms with Gasteiger partial charge in [0.25, 0.3) is 5.91 Å². The number of carbonyl (C=O) groups is 1. The standard InChI is InChI=1S/C28H36N2O2/c1-3-5-6-7-8-9-14-27(32-24-17-15-22(11-4-2)16-18-24)28(31)30-26-13-10-12-23-21-29-20-19-25(23)26/h10,12-13,15-21,27H,3-9,11,14H2,1-2H3,(H,30,31). The van der Waals surface area contributed by atoms with E-state index in [9.17, 15) is 4.79 Å². The van der Waals surface area contributed by atoms with Gasteiger partial charge in [0.2, 0.25) is 0 Å². The first-order chi connectivity index (χ1) is 15.7. The van der Waals surface area contributed by atoms with Gasteiger partial charge in [0.1, 0.15) is 5.75 Å². The van der Waals surface area contributed by atoms with Crippen LogP contribution in [0.25, 0.3) is 10.8 Å². The number of anilines is 1. The van der Waals surface area contributed by atoms with Gasteiger partial charge in [0.15, 0.2) is 6.10 Å². The smallest absolute Gasteiger partial charge is 0.265 e. The highest BCUT2D eigenvalue weighted by atomic mass is 16.5. The lowest BCUT2D eigenvalue weighted by molar-refractivity contribution is -0.123. The maximum atomic E-state index is 13.2. The molecule has 1 aromatic heterocycles. The minimum absolute atomic E-state index is 0.0968. The summed E-state index contributed by atoms with van der Waals surface area (Å²) in [7, 11) is 0. The van der Waals surface area contributed by atoms with Crippen molar-refractivity contribution in [3.63, 3.8) is 0 Å². The molecule has 2 aromatic carbocycles. The largest absolute Gasteiger partial charge is 0.481 e. The fourth-order valence-electron chi connectivity index (χ4n) is 3.99. The van der Waals surface area contributed by atoms with Crippen molar-refractivity contribution in [2.24, 2.45) is 0 Å². The van der Waals surface area contributed by atoms with Crippen molar-refractivity contribution in [1.82, 2.24) is 4.98 Å². The number of unbranched alkanes of at least 4 members (excludes halogenated alkanes) is 5. The number of hydrogen-bond acceptors (Lipinski definition) is 3. The molecular formula is C28H36N2O2. The zero-order valence-corrected chi connectivity index (χ0v) is 19.5. The second kappa shape index (κ2) is 12.8. The molecular weight excluding hydrogens is 396 g/mol. The fraction of sp³-hybridized carbons (Fsp3) is 0.429. The zero-order valence-electron chi connectivity index (χ0n) is 19.5. The lowest BCUT2D eigenvalue weighted by Crippen LogP contribution is -2.33. The van der Waals surface area contributed by atoms with E-state index in [0.717, 1.165) is 47.9 Å². The van der Waals surface area contributed by atoms with Crippen molar-refractivity contribution in [2.75, 3.05) is 5.32 Å². The van der Waals surface area contributed by atoms with Crippen molar-refractivity contribution in [3.05, 3.63) is 66.5 Å². The van der Waals surface area contributed by atoms with E-state index in [1.807, 2.05) is 42.6 Å². The molecule has 1 amide bonds. The third-order valence-corrected chi connectivity index (χ3v) is 5.79. The predicted octanol–water partition coefficient (Wildman–Crippen LogP) is 7.32. The molecule has 0 radical (unpaired) electrons. The number of pyridine rings is 1. The van der Waals surface area contributed by atoms with E-state index in [0.29, 0.717) is 6.42 Å². The first kappa shape index (κ1) is 23.8. The van der Waals surface area contributed by atoms with E-state index >= 15 is 0 Å². The average Bonchev–Trinajstić information content (AvgIpc) is 2.82. The number of rotatable bonds is 13. The Balaban J connectivity index is 1.69. The van der Waals surface area contributed by atoms with Crippen LogP contribution in [0, 0.1) is 0 Å². The van der Waals surface area contributed by atoms with E-state index in [1.54, 1.807) is 6.20 Å². The Morgan fingerprint density at radius 2 is 1.72 bits per heavy atom. The minimum atomic E-state index is -0.518. The normalized spacial score (nSPS) is 11.9. The van der Waals surface area contributed by atoms with Crippen LogP contribution in [0.3, 0.4) is 0 Å². The number of hydrogen-bond donors (Lipinski definition) is 1. The van der Waals surface area contributed by atoms with Crippen LogP contribution in [0.2, 0.25) is 0 Å². The third-order valence-electron chi connectivity index (χ3n) is 5.79. The minimum Gasteiger partial charge on any atom is -0.481 e. The van der Waals surface area contributed by atoms with Crippen molar-refractivity contribution in [3.8, 4) is 5.75 Å². The molecule has 0 spiro atoms. The maximum absolute atomic E-state index is 13.2.